The van der Waals surface area contributed by atoms with Gasteiger partial charge in [-0.15, -0.1) is 0 Å². The molecule has 0 radical (unpaired) electrons. The average Bonchev–Trinajstić information content (AvgIpc) is 2.43. The van der Waals surface area contributed by atoms with Crippen LogP contribution >= 0.6 is 0 Å². The summed E-state index contributed by atoms with van der Waals surface area (Å²) >= 11 is 0. The summed E-state index contributed by atoms with van der Waals surface area (Å²) < 4.78 is 0. The van der Waals surface area contributed by atoms with Gasteiger partial charge in [-0.3, -0.25) is 0 Å². The number of rotatable bonds is 5. The SMILES string of the molecule is CC(CCO)NC1CCCN(C(C)C)CC1. The number of nitrogens with one attached hydrogen (secondary N) is 1. The zero-order valence-corrected chi connectivity index (χ0v) is 11.1. The van der Waals surface area contributed by atoms with Crippen molar-refractivity contribution < 1.29 is 5.11 Å². The fraction of sp³-hybridized carbons (Fsp3) is 1.00. The highest BCUT2D eigenvalue weighted by Gasteiger charge is 2.19. The van der Waals surface area contributed by atoms with Crippen molar-refractivity contribution in [3.05, 3.63) is 0 Å². The second-order valence-electron chi connectivity index (χ2n) is 5.34. The van der Waals surface area contributed by atoms with Crippen molar-refractivity contribution in [3.63, 3.8) is 0 Å². The standard InChI is InChI=1S/C13H28N2O/c1-11(2)15-8-4-5-13(6-9-15)14-12(3)7-10-16/h11-14,16H,4-10H2,1-3H3. The second-order valence-corrected chi connectivity index (χ2v) is 5.34. The van der Waals surface area contributed by atoms with E-state index in [2.05, 4.69) is 31.0 Å². The van der Waals surface area contributed by atoms with Crippen molar-refractivity contribution in [3.8, 4) is 0 Å². The molecule has 1 rings (SSSR count). The summed E-state index contributed by atoms with van der Waals surface area (Å²) in [5.74, 6) is 0. The van der Waals surface area contributed by atoms with Gasteiger partial charge in [0.1, 0.15) is 0 Å². The molecular formula is C13H28N2O. The molecule has 96 valence electrons. The lowest BCUT2D eigenvalue weighted by atomic mass is 10.1. The monoisotopic (exact) mass is 228 g/mol. The molecule has 0 aromatic rings. The third-order valence-electron chi connectivity index (χ3n) is 3.58. The van der Waals surface area contributed by atoms with Gasteiger partial charge in [-0.05, 0) is 59.5 Å². The van der Waals surface area contributed by atoms with E-state index in [4.69, 9.17) is 5.11 Å². The third-order valence-corrected chi connectivity index (χ3v) is 3.58. The molecule has 0 aromatic carbocycles. The summed E-state index contributed by atoms with van der Waals surface area (Å²) in [6, 6.07) is 1.76. The highest BCUT2D eigenvalue weighted by atomic mass is 16.3. The average molecular weight is 228 g/mol. The van der Waals surface area contributed by atoms with Crippen LogP contribution in [0.1, 0.15) is 46.5 Å². The van der Waals surface area contributed by atoms with Crippen LogP contribution in [0.2, 0.25) is 0 Å². The third kappa shape index (κ3) is 4.81. The Labute approximate surface area is 100 Å². The molecule has 1 saturated heterocycles. The normalized spacial score (nSPS) is 25.7. The predicted octanol–water partition coefficient (Wildman–Crippen LogP) is 1.61. The number of likely N-dealkylation sites (tertiary alicyclic amines) is 1. The van der Waals surface area contributed by atoms with E-state index in [1.807, 2.05) is 0 Å². The molecule has 0 amide bonds. The van der Waals surface area contributed by atoms with Crippen molar-refractivity contribution in [1.82, 2.24) is 10.2 Å². The molecule has 0 bridgehead atoms. The summed E-state index contributed by atoms with van der Waals surface area (Å²) in [4.78, 5) is 2.57. The Morgan fingerprint density at radius 2 is 2.00 bits per heavy atom. The highest BCUT2D eigenvalue weighted by Crippen LogP contribution is 2.14. The molecule has 2 atom stereocenters. The Morgan fingerprint density at radius 3 is 2.62 bits per heavy atom. The van der Waals surface area contributed by atoms with E-state index in [-0.39, 0.29) is 0 Å². The quantitative estimate of drug-likeness (QED) is 0.750. The molecule has 1 heterocycles. The van der Waals surface area contributed by atoms with Gasteiger partial charge in [-0.25, -0.2) is 0 Å². The van der Waals surface area contributed by atoms with Gasteiger partial charge in [0.25, 0.3) is 0 Å². The molecule has 2 unspecified atom stereocenters. The first-order chi connectivity index (χ1) is 7.63. The highest BCUT2D eigenvalue weighted by molar-refractivity contribution is 4.78. The van der Waals surface area contributed by atoms with Crippen LogP contribution in [0.15, 0.2) is 0 Å². The molecule has 1 fully saturated rings. The summed E-state index contributed by atoms with van der Waals surface area (Å²) in [7, 11) is 0. The molecule has 0 aliphatic carbocycles. The summed E-state index contributed by atoms with van der Waals surface area (Å²) in [6.07, 6.45) is 4.68. The van der Waals surface area contributed by atoms with Crippen LogP contribution in [0.4, 0.5) is 0 Å². The first-order valence-corrected chi connectivity index (χ1v) is 6.74. The van der Waals surface area contributed by atoms with E-state index >= 15 is 0 Å². The van der Waals surface area contributed by atoms with E-state index in [0.29, 0.717) is 24.7 Å². The van der Waals surface area contributed by atoms with E-state index in [0.717, 1.165) is 6.42 Å². The Bertz CT molecular complexity index is 185. The molecule has 0 aromatic heterocycles. The zero-order chi connectivity index (χ0) is 12.0. The summed E-state index contributed by atoms with van der Waals surface area (Å²) in [6.45, 7) is 9.47. The van der Waals surface area contributed by atoms with Crippen molar-refractivity contribution in [2.24, 2.45) is 0 Å². The van der Waals surface area contributed by atoms with Crippen LogP contribution in [-0.2, 0) is 0 Å². The van der Waals surface area contributed by atoms with Crippen LogP contribution in [0.5, 0.6) is 0 Å². The van der Waals surface area contributed by atoms with E-state index in [9.17, 15) is 0 Å². The molecule has 0 spiro atoms. The molecule has 3 nitrogen and oxygen atoms in total. The smallest absolute Gasteiger partial charge is 0.0445 e. The Hall–Kier alpha value is -0.120. The zero-order valence-electron chi connectivity index (χ0n) is 11.1. The van der Waals surface area contributed by atoms with Crippen molar-refractivity contribution in [2.75, 3.05) is 19.7 Å². The lowest BCUT2D eigenvalue weighted by Gasteiger charge is -2.25. The van der Waals surface area contributed by atoms with Crippen LogP contribution in [0, 0.1) is 0 Å². The number of nitrogens with zero attached hydrogens (tertiary/aromatic N) is 1. The first-order valence-electron chi connectivity index (χ1n) is 6.74. The maximum atomic E-state index is 8.89. The number of hydrogen-bond donors (Lipinski definition) is 2. The van der Waals surface area contributed by atoms with E-state index in [1.165, 1.54) is 32.4 Å². The number of aliphatic hydroxyl groups excluding tert-OH is 1. The minimum Gasteiger partial charge on any atom is -0.396 e. The van der Waals surface area contributed by atoms with Gasteiger partial charge in [0.2, 0.25) is 0 Å². The van der Waals surface area contributed by atoms with Crippen molar-refractivity contribution in [1.29, 1.82) is 0 Å². The number of hydrogen-bond acceptors (Lipinski definition) is 3. The first kappa shape index (κ1) is 13.9. The van der Waals surface area contributed by atoms with Gasteiger partial charge in [0, 0.05) is 24.7 Å². The molecule has 1 aliphatic rings. The van der Waals surface area contributed by atoms with E-state index in [1.54, 1.807) is 0 Å². The van der Waals surface area contributed by atoms with Gasteiger partial charge in [0.05, 0.1) is 0 Å². The van der Waals surface area contributed by atoms with Crippen molar-refractivity contribution >= 4 is 0 Å². The maximum absolute atomic E-state index is 8.89. The minimum atomic E-state index is 0.291. The van der Waals surface area contributed by atoms with E-state index < -0.39 is 0 Å². The van der Waals surface area contributed by atoms with Crippen LogP contribution in [-0.4, -0.2) is 47.8 Å². The molecular weight excluding hydrogens is 200 g/mol. The number of aliphatic hydroxyl groups is 1. The van der Waals surface area contributed by atoms with Gasteiger partial charge >= 0.3 is 0 Å². The molecule has 3 heteroatoms. The minimum absolute atomic E-state index is 0.291. The largest absolute Gasteiger partial charge is 0.396 e. The Balaban J connectivity index is 2.29. The molecule has 2 N–H and O–H groups in total. The van der Waals surface area contributed by atoms with Crippen molar-refractivity contribution in [2.45, 2.75) is 64.6 Å². The lowest BCUT2D eigenvalue weighted by Crippen LogP contribution is -2.38. The fourth-order valence-electron chi connectivity index (χ4n) is 2.48. The Kier molecular flexibility index (Phi) is 6.32. The van der Waals surface area contributed by atoms with Crippen LogP contribution in [0.25, 0.3) is 0 Å². The Morgan fingerprint density at radius 1 is 1.25 bits per heavy atom. The van der Waals surface area contributed by atoms with Crippen LogP contribution < -0.4 is 5.32 Å². The topological polar surface area (TPSA) is 35.5 Å². The van der Waals surface area contributed by atoms with Gasteiger partial charge in [-0.1, -0.05) is 0 Å². The maximum Gasteiger partial charge on any atom is 0.0445 e. The molecule has 0 saturated carbocycles. The van der Waals surface area contributed by atoms with Crippen LogP contribution in [0.3, 0.4) is 0 Å². The summed E-state index contributed by atoms with van der Waals surface area (Å²) in [5, 5.41) is 12.5. The van der Waals surface area contributed by atoms with Gasteiger partial charge in [0.15, 0.2) is 0 Å². The lowest BCUT2D eigenvalue weighted by molar-refractivity contribution is 0.226. The summed E-state index contributed by atoms with van der Waals surface area (Å²) in [5.41, 5.74) is 0. The fourth-order valence-corrected chi connectivity index (χ4v) is 2.48. The predicted molar refractivity (Wildman–Crippen MR) is 68.6 cm³/mol. The molecule has 1 aliphatic heterocycles. The van der Waals surface area contributed by atoms with Gasteiger partial charge in [-0.2, -0.15) is 0 Å². The molecule has 16 heavy (non-hydrogen) atoms. The van der Waals surface area contributed by atoms with Gasteiger partial charge < -0.3 is 15.3 Å². The second kappa shape index (κ2) is 7.25.